The molecule has 0 saturated carbocycles. The summed E-state index contributed by atoms with van der Waals surface area (Å²) in [6.45, 7) is 1.93. The molecule has 2 aromatic carbocycles. The van der Waals surface area contributed by atoms with Gasteiger partial charge in [-0.05, 0) is 56.0 Å². The summed E-state index contributed by atoms with van der Waals surface area (Å²) in [5.74, 6) is 1.32. The first-order valence-corrected chi connectivity index (χ1v) is 10.9. The van der Waals surface area contributed by atoms with Gasteiger partial charge < -0.3 is 14.3 Å². The van der Waals surface area contributed by atoms with Gasteiger partial charge in [0.2, 0.25) is 11.8 Å². The number of rotatable bonds is 6. The highest BCUT2D eigenvalue weighted by Crippen LogP contribution is 2.27. The van der Waals surface area contributed by atoms with Gasteiger partial charge in [0.15, 0.2) is 10.8 Å². The summed E-state index contributed by atoms with van der Waals surface area (Å²) in [6, 6.07) is 15.8. The lowest BCUT2D eigenvalue weighted by atomic mass is 10.0. The van der Waals surface area contributed by atoms with Crippen molar-refractivity contribution in [2.75, 3.05) is 0 Å². The Morgan fingerprint density at radius 2 is 1.94 bits per heavy atom. The van der Waals surface area contributed by atoms with E-state index in [1.54, 1.807) is 0 Å². The van der Waals surface area contributed by atoms with Crippen molar-refractivity contribution >= 4 is 33.8 Å². The maximum Gasteiger partial charge on any atom is 0.239 e. The number of oxazole rings is 1. The first kappa shape index (κ1) is 19.6. The van der Waals surface area contributed by atoms with Gasteiger partial charge in [-0.15, -0.1) is 0 Å². The van der Waals surface area contributed by atoms with Crippen LogP contribution < -0.4 is 5.32 Å². The van der Waals surface area contributed by atoms with Gasteiger partial charge in [0.05, 0.1) is 16.6 Å². The third kappa shape index (κ3) is 3.98. The van der Waals surface area contributed by atoms with E-state index < -0.39 is 0 Å². The topological polar surface area (TPSA) is 105 Å². The zero-order chi connectivity index (χ0) is 21.4. The molecule has 5 rings (SSSR count). The summed E-state index contributed by atoms with van der Waals surface area (Å²) in [5.41, 5.74) is 4.43. The predicted molar refractivity (Wildman–Crippen MR) is 119 cm³/mol. The minimum atomic E-state index is -0.277. The molecule has 156 valence electrons. The van der Waals surface area contributed by atoms with Gasteiger partial charge in [-0.3, -0.25) is 10.2 Å². The Balaban J connectivity index is 1.30. The Labute approximate surface area is 182 Å². The van der Waals surface area contributed by atoms with E-state index in [0.717, 1.165) is 33.7 Å². The summed E-state index contributed by atoms with van der Waals surface area (Å²) in [4.78, 5) is 16.5. The zero-order valence-electron chi connectivity index (χ0n) is 16.8. The second kappa shape index (κ2) is 8.03. The molecule has 0 aliphatic carbocycles. The third-order valence-electron chi connectivity index (χ3n) is 5.33. The van der Waals surface area contributed by atoms with Crippen molar-refractivity contribution in [3.05, 3.63) is 71.2 Å². The lowest BCUT2D eigenvalue weighted by molar-refractivity contribution is -0.118. The predicted octanol–water partition coefficient (Wildman–Crippen LogP) is 4.29. The molecular formula is C23H20N4O3S. The molecule has 31 heavy (non-hydrogen) atoms. The normalized spacial score (nSPS) is 16.2. The van der Waals surface area contributed by atoms with Crippen LogP contribution >= 0.6 is 11.8 Å². The number of carbonyl (C=O) groups excluding carboxylic acids is 1. The molecule has 1 amide bonds. The average Bonchev–Trinajstić information content (AvgIpc) is 3.44. The van der Waals surface area contributed by atoms with Gasteiger partial charge in [0.1, 0.15) is 5.76 Å². The monoisotopic (exact) mass is 432 g/mol. The number of hydrogen-bond acceptors (Lipinski definition) is 7. The van der Waals surface area contributed by atoms with Crippen LogP contribution in [0.3, 0.4) is 0 Å². The van der Waals surface area contributed by atoms with Gasteiger partial charge in [-0.25, -0.2) is 4.98 Å². The highest BCUT2D eigenvalue weighted by Gasteiger charge is 2.29. The fourth-order valence-electron chi connectivity index (χ4n) is 3.71. The minimum Gasteiger partial charge on any atom is -0.441 e. The Morgan fingerprint density at radius 1 is 1.13 bits per heavy atom. The van der Waals surface area contributed by atoms with Crippen molar-refractivity contribution in [1.29, 1.82) is 5.41 Å². The first-order chi connectivity index (χ1) is 15.1. The van der Waals surface area contributed by atoms with Crippen LogP contribution in [-0.4, -0.2) is 26.5 Å². The number of benzene rings is 2. The van der Waals surface area contributed by atoms with E-state index >= 15 is 0 Å². The summed E-state index contributed by atoms with van der Waals surface area (Å²) in [5, 5.41) is 15.3. The third-order valence-corrected chi connectivity index (χ3v) is 6.34. The van der Waals surface area contributed by atoms with Crippen molar-refractivity contribution in [2.24, 2.45) is 0 Å². The van der Waals surface area contributed by atoms with E-state index in [1.165, 1.54) is 11.8 Å². The smallest absolute Gasteiger partial charge is 0.239 e. The highest BCUT2D eigenvalue weighted by molar-refractivity contribution is 8.15. The van der Waals surface area contributed by atoms with Crippen molar-refractivity contribution < 1.29 is 13.7 Å². The number of amidine groups is 1. The molecule has 1 aliphatic rings. The Morgan fingerprint density at radius 3 is 2.71 bits per heavy atom. The van der Waals surface area contributed by atoms with E-state index in [1.807, 2.05) is 55.5 Å². The molecule has 0 bridgehead atoms. The number of fused-ring (bicyclic) bond motifs is 1. The summed E-state index contributed by atoms with van der Waals surface area (Å²) >= 11 is 1.25. The molecular weight excluding hydrogens is 412 g/mol. The second-order valence-electron chi connectivity index (χ2n) is 7.48. The molecule has 2 N–H and O–H groups in total. The molecule has 1 fully saturated rings. The average molecular weight is 433 g/mol. The fraction of sp³-hybridized carbons (Fsp3) is 0.217. The maximum atomic E-state index is 11.9. The van der Waals surface area contributed by atoms with Gasteiger partial charge >= 0.3 is 0 Å². The van der Waals surface area contributed by atoms with Crippen LogP contribution in [0.2, 0.25) is 0 Å². The molecule has 1 unspecified atom stereocenters. The number of nitrogens with zero attached hydrogens (tertiary/aromatic N) is 2. The molecule has 8 heteroatoms. The maximum absolute atomic E-state index is 11.9. The van der Waals surface area contributed by atoms with Crippen molar-refractivity contribution in [3.8, 4) is 11.5 Å². The van der Waals surface area contributed by atoms with Crippen LogP contribution in [0, 0.1) is 12.3 Å². The number of aryl methyl sites for hydroxylation is 3. The van der Waals surface area contributed by atoms with E-state index in [9.17, 15) is 4.79 Å². The van der Waals surface area contributed by atoms with E-state index in [-0.39, 0.29) is 16.3 Å². The number of hydrogen-bond donors (Lipinski definition) is 2. The summed E-state index contributed by atoms with van der Waals surface area (Å²) in [6.07, 6.45) is 1.93. The quantitative estimate of drug-likeness (QED) is 0.471. The molecule has 1 atom stereocenters. The van der Waals surface area contributed by atoms with Gasteiger partial charge in [-0.1, -0.05) is 41.2 Å². The molecule has 2 aromatic heterocycles. The zero-order valence-corrected chi connectivity index (χ0v) is 17.7. The molecule has 3 heterocycles. The van der Waals surface area contributed by atoms with Crippen LogP contribution in [0.5, 0.6) is 0 Å². The molecule has 4 aromatic rings. The Kier molecular flexibility index (Phi) is 5.07. The lowest BCUT2D eigenvalue weighted by Crippen LogP contribution is -2.25. The summed E-state index contributed by atoms with van der Waals surface area (Å²) < 4.78 is 11.4. The van der Waals surface area contributed by atoms with Gasteiger partial charge in [0, 0.05) is 10.9 Å². The number of carbonyl (C=O) groups is 1. The lowest BCUT2D eigenvalue weighted by Gasteiger charge is -2.05. The van der Waals surface area contributed by atoms with Crippen molar-refractivity contribution in [3.63, 3.8) is 0 Å². The number of thioether (sulfide) groups is 1. The Hall–Kier alpha value is -3.39. The van der Waals surface area contributed by atoms with E-state index in [2.05, 4.69) is 15.5 Å². The number of amides is 1. The Bertz CT molecular complexity index is 1280. The summed E-state index contributed by atoms with van der Waals surface area (Å²) in [7, 11) is 0. The first-order valence-electron chi connectivity index (χ1n) is 10.0. The van der Waals surface area contributed by atoms with Crippen molar-refractivity contribution in [2.45, 2.75) is 31.4 Å². The molecule has 1 saturated heterocycles. The number of aromatic nitrogens is 2. The van der Waals surface area contributed by atoms with Crippen LogP contribution in [0.15, 0.2) is 57.5 Å². The van der Waals surface area contributed by atoms with E-state index in [0.29, 0.717) is 30.7 Å². The molecule has 0 radical (unpaired) electrons. The molecule has 0 spiro atoms. The van der Waals surface area contributed by atoms with Crippen molar-refractivity contribution in [1.82, 2.24) is 15.5 Å². The minimum absolute atomic E-state index is 0.119. The van der Waals surface area contributed by atoms with Gasteiger partial charge in [0.25, 0.3) is 0 Å². The largest absolute Gasteiger partial charge is 0.441 e. The fourth-order valence-corrected chi connectivity index (χ4v) is 4.59. The number of nitrogens with one attached hydrogen (secondary N) is 2. The SMILES string of the molecule is Cc1oc(-c2ccccc2)nc1CCc1noc2cc(CC3SC(=N)NC3=O)ccc12. The van der Waals surface area contributed by atoms with Crippen LogP contribution in [0.1, 0.15) is 22.7 Å². The highest BCUT2D eigenvalue weighted by atomic mass is 32.2. The van der Waals surface area contributed by atoms with Crippen LogP contribution in [0.4, 0.5) is 0 Å². The molecule has 7 nitrogen and oxygen atoms in total. The molecule has 1 aliphatic heterocycles. The standard InChI is InChI=1S/C23H20N4O3S/c1-13-17(25-22(29-13)15-5-3-2-4-6-15)9-10-18-16-8-7-14(11-19(16)30-27-18)12-20-21(28)26-23(24)31-20/h2-8,11,20H,9-10,12H2,1H3,(H2,24,26,28). The second-order valence-corrected chi connectivity index (χ2v) is 8.69. The van der Waals surface area contributed by atoms with Crippen LogP contribution in [0.25, 0.3) is 22.4 Å². The van der Waals surface area contributed by atoms with Crippen LogP contribution in [-0.2, 0) is 24.1 Å². The van der Waals surface area contributed by atoms with E-state index in [4.69, 9.17) is 14.3 Å². The van der Waals surface area contributed by atoms with Gasteiger partial charge in [-0.2, -0.15) is 0 Å².